The van der Waals surface area contributed by atoms with Crippen molar-refractivity contribution in [2.24, 2.45) is 14.1 Å². The lowest BCUT2D eigenvalue weighted by molar-refractivity contribution is 0.415. The molecule has 164 valence electrons. The van der Waals surface area contributed by atoms with Gasteiger partial charge < -0.3 is 4.74 Å². The summed E-state index contributed by atoms with van der Waals surface area (Å²) in [4.78, 5) is 24.3. The number of methoxy groups -OCH3 is 1. The smallest absolute Gasteiger partial charge is 0.330 e. The molecule has 0 spiro atoms. The largest absolute Gasteiger partial charge is 0.497 e. The first-order valence-electron chi connectivity index (χ1n) is 9.63. The van der Waals surface area contributed by atoms with E-state index < -0.39 is 0 Å². The van der Waals surface area contributed by atoms with Crippen molar-refractivity contribution in [2.45, 2.75) is 10.9 Å². The molecule has 0 saturated carbocycles. The zero-order chi connectivity index (χ0) is 22.8. The van der Waals surface area contributed by atoms with E-state index in [2.05, 4.69) is 10.2 Å². The van der Waals surface area contributed by atoms with Gasteiger partial charge in [-0.05, 0) is 48.5 Å². The molecule has 4 aromatic rings. The van der Waals surface area contributed by atoms with E-state index in [0.717, 1.165) is 21.6 Å². The minimum absolute atomic E-state index is 0.346. The molecular formula is C22H20ClN5O3S. The molecule has 0 atom stereocenters. The van der Waals surface area contributed by atoms with E-state index in [1.165, 1.54) is 29.4 Å². The van der Waals surface area contributed by atoms with Crippen LogP contribution in [0.2, 0.25) is 5.02 Å². The molecule has 2 heterocycles. The Kier molecular flexibility index (Phi) is 6.20. The highest BCUT2D eigenvalue weighted by Gasteiger charge is 2.17. The fraction of sp³-hybridized carbons (Fsp3) is 0.182. The van der Waals surface area contributed by atoms with Gasteiger partial charge >= 0.3 is 5.69 Å². The van der Waals surface area contributed by atoms with Crippen molar-refractivity contribution in [1.29, 1.82) is 0 Å². The van der Waals surface area contributed by atoms with Gasteiger partial charge in [0.25, 0.3) is 5.56 Å². The molecule has 4 rings (SSSR count). The van der Waals surface area contributed by atoms with Crippen LogP contribution in [0.1, 0.15) is 5.69 Å². The average molecular weight is 470 g/mol. The number of rotatable bonds is 6. The van der Waals surface area contributed by atoms with Crippen molar-refractivity contribution in [1.82, 2.24) is 23.9 Å². The van der Waals surface area contributed by atoms with Gasteiger partial charge in [-0.3, -0.25) is 18.5 Å². The van der Waals surface area contributed by atoms with E-state index in [-0.39, 0.29) is 11.2 Å². The number of ether oxygens (including phenoxy) is 1. The Morgan fingerprint density at radius 3 is 2.31 bits per heavy atom. The maximum absolute atomic E-state index is 12.2. The lowest BCUT2D eigenvalue weighted by Crippen LogP contribution is -2.37. The predicted molar refractivity (Wildman–Crippen MR) is 125 cm³/mol. The third-order valence-corrected chi connectivity index (χ3v) is 6.26. The predicted octanol–water partition coefficient (Wildman–Crippen LogP) is 3.29. The Bertz CT molecular complexity index is 1370. The summed E-state index contributed by atoms with van der Waals surface area (Å²) >= 11 is 7.46. The molecule has 0 saturated heterocycles. The second-order valence-corrected chi connectivity index (χ2v) is 8.39. The monoisotopic (exact) mass is 469 g/mol. The van der Waals surface area contributed by atoms with Crippen molar-refractivity contribution in [3.63, 3.8) is 0 Å². The number of hydrogen-bond donors (Lipinski definition) is 0. The van der Waals surface area contributed by atoms with Gasteiger partial charge in [-0.25, -0.2) is 4.79 Å². The van der Waals surface area contributed by atoms with Gasteiger partial charge in [-0.15, -0.1) is 10.2 Å². The molecule has 0 radical (unpaired) electrons. The maximum atomic E-state index is 12.2. The number of nitrogens with zero attached hydrogens (tertiary/aromatic N) is 5. The third-order valence-electron chi connectivity index (χ3n) is 5.04. The second-order valence-electron chi connectivity index (χ2n) is 7.01. The fourth-order valence-electron chi connectivity index (χ4n) is 3.17. The molecule has 8 nitrogen and oxygen atoms in total. The van der Waals surface area contributed by atoms with E-state index in [1.54, 1.807) is 26.3 Å². The van der Waals surface area contributed by atoms with Crippen molar-refractivity contribution in [2.75, 3.05) is 7.11 Å². The lowest BCUT2D eigenvalue weighted by atomic mass is 10.2. The van der Waals surface area contributed by atoms with Gasteiger partial charge in [0.15, 0.2) is 11.0 Å². The Morgan fingerprint density at radius 1 is 0.969 bits per heavy atom. The summed E-state index contributed by atoms with van der Waals surface area (Å²) in [7, 11) is 4.72. The molecule has 0 unspecified atom stereocenters. The van der Waals surface area contributed by atoms with Crippen molar-refractivity contribution in [3.05, 3.63) is 86.2 Å². The SMILES string of the molecule is COc1ccc(-c2nnc(SCc3cc(=O)n(C)c(=O)n3C)n2-c2ccc(Cl)cc2)cc1. The van der Waals surface area contributed by atoms with Crippen LogP contribution >= 0.6 is 23.4 Å². The zero-order valence-corrected chi connectivity index (χ0v) is 19.2. The summed E-state index contributed by atoms with van der Waals surface area (Å²) in [5.74, 6) is 1.76. The summed E-state index contributed by atoms with van der Waals surface area (Å²) in [5, 5.41) is 10.0. The van der Waals surface area contributed by atoms with Gasteiger partial charge in [-0.2, -0.15) is 0 Å². The van der Waals surface area contributed by atoms with Crippen LogP contribution in [0, 0.1) is 0 Å². The minimum Gasteiger partial charge on any atom is -0.497 e. The topological polar surface area (TPSA) is 83.9 Å². The fourth-order valence-corrected chi connectivity index (χ4v) is 4.27. The van der Waals surface area contributed by atoms with Crippen LogP contribution in [-0.4, -0.2) is 31.0 Å². The lowest BCUT2D eigenvalue weighted by Gasteiger charge is -2.12. The Morgan fingerprint density at radius 2 is 1.66 bits per heavy atom. The van der Waals surface area contributed by atoms with Crippen molar-refractivity contribution >= 4 is 23.4 Å². The Balaban J connectivity index is 1.75. The summed E-state index contributed by atoms with van der Waals surface area (Å²) in [5.41, 5.74) is 1.58. The van der Waals surface area contributed by atoms with Gasteiger partial charge in [-0.1, -0.05) is 23.4 Å². The normalized spacial score (nSPS) is 11.0. The Labute approximate surface area is 193 Å². The van der Waals surface area contributed by atoms with Crippen LogP contribution in [0.3, 0.4) is 0 Å². The molecule has 2 aromatic heterocycles. The molecular weight excluding hydrogens is 450 g/mol. The van der Waals surface area contributed by atoms with Crippen LogP contribution in [0.5, 0.6) is 5.75 Å². The molecule has 0 bridgehead atoms. The van der Waals surface area contributed by atoms with E-state index in [4.69, 9.17) is 16.3 Å². The van der Waals surface area contributed by atoms with E-state index >= 15 is 0 Å². The molecule has 2 aromatic carbocycles. The molecule has 0 aliphatic rings. The molecule has 0 aliphatic carbocycles. The molecule has 0 amide bonds. The molecule has 32 heavy (non-hydrogen) atoms. The maximum Gasteiger partial charge on any atom is 0.330 e. The zero-order valence-electron chi connectivity index (χ0n) is 17.7. The highest BCUT2D eigenvalue weighted by Crippen LogP contribution is 2.30. The summed E-state index contributed by atoms with van der Waals surface area (Å²) in [6, 6.07) is 16.4. The van der Waals surface area contributed by atoms with Crippen LogP contribution in [-0.2, 0) is 19.8 Å². The van der Waals surface area contributed by atoms with Gasteiger partial charge in [0.1, 0.15) is 5.75 Å². The van der Waals surface area contributed by atoms with Gasteiger partial charge in [0.05, 0.1) is 7.11 Å². The third kappa shape index (κ3) is 4.21. The average Bonchev–Trinajstić information content (AvgIpc) is 3.23. The van der Waals surface area contributed by atoms with Crippen LogP contribution in [0.15, 0.2) is 69.3 Å². The highest BCUT2D eigenvalue weighted by atomic mass is 35.5. The first-order chi connectivity index (χ1) is 15.4. The minimum atomic E-state index is -0.369. The highest BCUT2D eigenvalue weighted by molar-refractivity contribution is 7.98. The molecule has 0 fully saturated rings. The standard InChI is InChI=1S/C22H20ClN5O3S/c1-26-17(12-19(29)27(2)22(26)30)13-32-21-25-24-20(14-4-10-18(31-3)11-5-14)28(21)16-8-6-15(23)7-9-16/h4-12H,13H2,1-3H3. The van der Waals surface area contributed by atoms with Crippen LogP contribution in [0.25, 0.3) is 17.1 Å². The van der Waals surface area contributed by atoms with Gasteiger partial charge in [0, 0.05) is 47.9 Å². The number of hydrogen-bond acceptors (Lipinski definition) is 6. The first kappa shape index (κ1) is 21.9. The quantitative estimate of drug-likeness (QED) is 0.403. The van der Waals surface area contributed by atoms with E-state index in [1.807, 2.05) is 41.0 Å². The van der Waals surface area contributed by atoms with E-state index in [9.17, 15) is 9.59 Å². The number of thioether (sulfide) groups is 1. The van der Waals surface area contributed by atoms with Crippen molar-refractivity contribution in [3.8, 4) is 22.8 Å². The number of benzene rings is 2. The van der Waals surface area contributed by atoms with Crippen LogP contribution in [0.4, 0.5) is 0 Å². The second kappa shape index (κ2) is 9.05. The summed E-state index contributed by atoms with van der Waals surface area (Å²) in [6.45, 7) is 0. The van der Waals surface area contributed by atoms with Gasteiger partial charge in [0.2, 0.25) is 0 Å². The summed E-state index contributed by atoms with van der Waals surface area (Å²) in [6.07, 6.45) is 0. The van der Waals surface area contributed by atoms with Crippen molar-refractivity contribution < 1.29 is 4.74 Å². The number of aromatic nitrogens is 5. The van der Waals surface area contributed by atoms with E-state index in [0.29, 0.717) is 27.5 Å². The molecule has 0 N–H and O–H groups in total. The molecule has 10 heteroatoms. The first-order valence-corrected chi connectivity index (χ1v) is 11.0. The Hall–Kier alpha value is -3.30. The molecule has 0 aliphatic heterocycles. The van der Waals surface area contributed by atoms with Crippen LogP contribution < -0.4 is 16.0 Å². The number of halogens is 1. The summed E-state index contributed by atoms with van der Waals surface area (Å²) < 4.78 is 9.70.